The van der Waals surface area contributed by atoms with E-state index in [0.29, 0.717) is 17.4 Å². The normalized spacial score (nSPS) is 19.4. The third-order valence-corrected chi connectivity index (χ3v) is 8.94. The van der Waals surface area contributed by atoms with E-state index in [2.05, 4.69) is 12.2 Å². The van der Waals surface area contributed by atoms with E-state index < -0.39 is 22.1 Å². The molecule has 33 heavy (non-hydrogen) atoms. The minimum Gasteiger partial charge on any atom is -0.482 e. The Morgan fingerprint density at radius 1 is 1.18 bits per heavy atom. The summed E-state index contributed by atoms with van der Waals surface area (Å²) in [7, 11) is -2.15. The first-order valence-corrected chi connectivity index (χ1v) is 13.3. The molecule has 1 heterocycles. The molecule has 0 radical (unpaired) electrons. The average Bonchev–Trinajstić information content (AvgIpc) is 3.35. The van der Waals surface area contributed by atoms with Crippen LogP contribution in [-0.2, 0) is 24.3 Å². The predicted molar refractivity (Wildman–Crippen MR) is 127 cm³/mol. The lowest BCUT2D eigenvalue weighted by molar-refractivity contribution is -0.157. The van der Waals surface area contributed by atoms with Gasteiger partial charge >= 0.3 is 5.97 Å². The lowest BCUT2D eigenvalue weighted by atomic mass is 9.86. The Bertz CT molecular complexity index is 1040. The first kappa shape index (κ1) is 25.0. The molecule has 1 aliphatic rings. The maximum Gasteiger partial charge on any atom is 0.344 e. The molecule has 0 spiro atoms. The highest BCUT2D eigenvalue weighted by molar-refractivity contribution is 7.94. The molecule has 1 aromatic carbocycles. The molecule has 0 aliphatic heterocycles. The van der Waals surface area contributed by atoms with Crippen molar-refractivity contribution >= 4 is 38.9 Å². The van der Waals surface area contributed by atoms with E-state index in [1.165, 1.54) is 17.8 Å². The van der Waals surface area contributed by atoms with Gasteiger partial charge in [0.15, 0.2) is 12.7 Å². The van der Waals surface area contributed by atoms with Gasteiger partial charge in [-0.05, 0) is 61.4 Å². The van der Waals surface area contributed by atoms with E-state index in [1.807, 2.05) is 0 Å². The smallest absolute Gasteiger partial charge is 0.344 e. The van der Waals surface area contributed by atoms with Crippen molar-refractivity contribution in [1.29, 1.82) is 0 Å². The molecule has 1 aliphatic carbocycles. The molecule has 10 heteroatoms. The summed E-state index contributed by atoms with van der Waals surface area (Å²) < 4.78 is 37.3. The number of thiophene rings is 1. The minimum absolute atomic E-state index is 0.115. The molecule has 0 bridgehead atoms. The van der Waals surface area contributed by atoms with Gasteiger partial charge in [0.25, 0.3) is 15.9 Å². The zero-order valence-electron chi connectivity index (χ0n) is 19.0. The van der Waals surface area contributed by atoms with Crippen LogP contribution in [0.4, 0.5) is 5.69 Å². The van der Waals surface area contributed by atoms with Crippen LogP contribution in [0, 0.1) is 5.92 Å². The molecule has 1 saturated carbocycles. The number of hydrogen-bond acceptors (Lipinski definition) is 7. The van der Waals surface area contributed by atoms with Crippen LogP contribution in [0.15, 0.2) is 46.0 Å². The zero-order valence-corrected chi connectivity index (χ0v) is 20.7. The van der Waals surface area contributed by atoms with E-state index in [4.69, 9.17) is 9.47 Å². The van der Waals surface area contributed by atoms with Crippen LogP contribution in [0.5, 0.6) is 5.75 Å². The third-order valence-electron chi connectivity index (χ3n) is 5.78. The number of amides is 1. The van der Waals surface area contributed by atoms with Crippen molar-refractivity contribution in [3.05, 3.63) is 41.8 Å². The van der Waals surface area contributed by atoms with Gasteiger partial charge in [0.2, 0.25) is 0 Å². The molecule has 1 N–H and O–H groups in total. The molecule has 3 atom stereocenters. The summed E-state index contributed by atoms with van der Waals surface area (Å²) in [5.41, 5.74) is 0.459. The lowest BCUT2D eigenvalue weighted by Gasteiger charge is -2.30. The Hall–Kier alpha value is -2.59. The van der Waals surface area contributed by atoms with Gasteiger partial charge < -0.3 is 14.8 Å². The van der Waals surface area contributed by atoms with Crippen molar-refractivity contribution in [2.24, 2.45) is 5.92 Å². The molecule has 1 fully saturated rings. The van der Waals surface area contributed by atoms with Crippen molar-refractivity contribution in [2.45, 2.75) is 55.9 Å². The summed E-state index contributed by atoms with van der Waals surface area (Å²) in [6.07, 6.45) is 3.38. The second-order valence-corrected chi connectivity index (χ2v) is 11.3. The molecule has 180 valence electrons. The fourth-order valence-corrected chi connectivity index (χ4v) is 6.05. The maximum absolute atomic E-state index is 12.6. The minimum atomic E-state index is -3.62. The highest BCUT2D eigenvalue weighted by atomic mass is 32.2. The summed E-state index contributed by atoms with van der Waals surface area (Å²) in [5.74, 6) is -0.167. The fraction of sp³-hybridized carbons (Fsp3) is 0.478. The average molecular weight is 495 g/mol. The number of carbonyl (C=O) groups is 2. The zero-order chi connectivity index (χ0) is 24.0. The number of nitrogens with one attached hydrogen (secondary N) is 1. The standard InChI is InChI=1S/C23H30N2O6S2/c1-16-7-4-5-8-20(16)24-23(27)17(2)31-21(26)15-30-19-12-10-18(11-13-19)25(3)33(28,29)22-9-6-14-32-22/h6,9-14,16-17,20H,4-5,7-8,15H2,1-3H3,(H,24,27). The molecule has 1 amide bonds. The highest BCUT2D eigenvalue weighted by Gasteiger charge is 2.26. The number of sulfonamides is 1. The molecule has 0 saturated heterocycles. The summed E-state index contributed by atoms with van der Waals surface area (Å²) in [5, 5.41) is 4.68. The van der Waals surface area contributed by atoms with E-state index in [9.17, 15) is 18.0 Å². The van der Waals surface area contributed by atoms with Crippen LogP contribution in [0.25, 0.3) is 0 Å². The molecular weight excluding hydrogens is 464 g/mol. The van der Waals surface area contributed by atoms with Crippen LogP contribution < -0.4 is 14.4 Å². The van der Waals surface area contributed by atoms with Crippen molar-refractivity contribution in [2.75, 3.05) is 18.0 Å². The van der Waals surface area contributed by atoms with Crippen LogP contribution in [0.1, 0.15) is 39.5 Å². The van der Waals surface area contributed by atoms with Crippen LogP contribution >= 0.6 is 11.3 Å². The Labute approximate surface area is 198 Å². The van der Waals surface area contributed by atoms with E-state index in [-0.39, 0.29) is 22.8 Å². The second-order valence-electron chi connectivity index (χ2n) is 8.20. The maximum atomic E-state index is 12.6. The fourth-order valence-electron chi connectivity index (χ4n) is 3.69. The summed E-state index contributed by atoms with van der Waals surface area (Å²) >= 11 is 1.15. The Kier molecular flexibility index (Phi) is 8.36. The van der Waals surface area contributed by atoms with Gasteiger partial charge in [-0.15, -0.1) is 11.3 Å². The number of benzene rings is 1. The Morgan fingerprint density at radius 2 is 1.88 bits per heavy atom. The van der Waals surface area contributed by atoms with Crippen molar-refractivity contribution in [1.82, 2.24) is 5.32 Å². The summed E-state index contributed by atoms with van der Waals surface area (Å²) in [4.78, 5) is 24.5. The number of carbonyl (C=O) groups excluding carboxylic acids is 2. The van der Waals surface area contributed by atoms with Gasteiger partial charge in [0.1, 0.15) is 9.96 Å². The van der Waals surface area contributed by atoms with Crippen molar-refractivity contribution in [3.8, 4) is 5.75 Å². The summed E-state index contributed by atoms with van der Waals surface area (Å²) in [6.45, 7) is 3.30. The number of anilines is 1. The third kappa shape index (κ3) is 6.48. The summed E-state index contributed by atoms with van der Waals surface area (Å²) in [6, 6.07) is 9.68. The molecule has 3 unspecified atom stereocenters. The van der Waals surface area contributed by atoms with Crippen LogP contribution in [0.3, 0.4) is 0 Å². The van der Waals surface area contributed by atoms with E-state index >= 15 is 0 Å². The topological polar surface area (TPSA) is 102 Å². The van der Waals surface area contributed by atoms with Gasteiger partial charge in [-0.1, -0.05) is 25.8 Å². The molecule has 2 aromatic rings. The largest absolute Gasteiger partial charge is 0.482 e. The van der Waals surface area contributed by atoms with Crippen molar-refractivity contribution < 1.29 is 27.5 Å². The monoisotopic (exact) mass is 494 g/mol. The molecule has 1 aromatic heterocycles. The molecule has 3 rings (SSSR count). The van der Waals surface area contributed by atoms with Gasteiger partial charge in [-0.3, -0.25) is 9.10 Å². The first-order valence-electron chi connectivity index (χ1n) is 10.9. The van der Waals surface area contributed by atoms with Crippen LogP contribution in [-0.4, -0.2) is 46.1 Å². The number of rotatable bonds is 9. The second kappa shape index (κ2) is 11.0. The number of nitrogens with zero attached hydrogens (tertiary/aromatic N) is 1. The number of ether oxygens (including phenoxy) is 2. The quantitative estimate of drug-likeness (QED) is 0.535. The first-order chi connectivity index (χ1) is 15.7. The van der Waals surface area contributed by atoms with Crippen molar-refractivity contribution in [3.63, 3.8) is 0 Å². The van der Waals surface area contributed by atoms with E-state index in [0.717, 1.165) is 30.6 Å². The molecular formula is C23H30N2O6S2. The lowest BCUT2D eigenvalue weighted by Crippen LogP contribution is -2.46. The van der Waals surface area contributed by atoms with E-state index in [1.54, 1.807) is 48.7 Å². The van der Waals surface area contributed by atoms with Crippen LogP contribution in [0.2, 0.25) is 0 Å². The van der Waals surface area contributed by atoms with Gasteiger partial charge in [0, 0.05) is 13.1 Å². The Morgan fingerprint density at radius 3 is 2.52 bits per heavy atom. The molecule has 8 nitrogen and oxygen atoms in total. The van der Waals surface area contributed by atoms with Gasteiger partial charge in [-0.25, -0.2) is 13.2 Å². The number of esters is 1. The Balaban J connectivity index is 1.47. The highest BCUT2D eigenvalue weighted by Crippen LogP contribution is 2.27. The number of hydrogen-bond donors (Lipinski definition) is 1. The predicted octanol–water partition coefficient (Wildman–Crippen LogP) is 3.58. The van der Waals surface area contributed by atoms with Gasteiger partial charge in [-0.2, -0.15) is 0 Å². The van der Waals surface area contributed by atoms with Gasteiger partial charge in [0.05, 0.1) is 5.69 Å². The SMILES string of the molecule is CC(OC(=O)COc1ccc(N(C)S(=O)(=O)c2cccs2)cc1)C(=O)NC1CCCCC1C.